The third-order valence-electron chi connectivity index (χ3n) is 2.55. The average Bonchev–Trinajstić information content (AvgIpc) is 2.74. The summed E-state index contributed by atoms with van der Waals surface area (Å²) in [6.45, 7) is 3.13. The van der Waals surface area contributed by atoms with Crippen molar-refractivity contribution in [2.24, 2.45) is 0 Å². The third kappa shape index (κ3) is 3.81. The number of nitrogens with zero attached hydrogens (tertiary/aromatic N) is 1. The van der Waals surface area contributed by atoms with Crippen LogP contribution < -0.4 is 10.1 Å². The molecule has 1 aromatic carbocycles. The van der Waals surface area contributed by atoms with Crippen LogP contribution >= 0.6 is 31.9 Å². The molecule has 6 heteroatoms. The Bertz CT molecular complexity index is 570. The van der Waals surface area contributed by atoms with Crippen molar-refractivity contribution < 1.29 is 9.15 Å². The lowest BCUT2D eigenvalue weighted by Crippen LogP contribution is -2.13. The number of methoxy groups -OCH3 is 1. The first kappa shape index (κ1) is 14.6. The number of oxazole rings is 1. The predicted octanol–water partition coefficient (Wildman–Crippen LogP) is 3.81. The number of benzene rings is 1. The molecule has 0 aliphatic heterocycles. The summed E-state index contributed by atoms with van der Waals surface area (Å²) in [7, 11) is 1.66. The normalized spacial score (nSPS) is 10.7. The van der Waals surface area contributed by atoms with Crippen LogP contribution in [0.25, 0.3) is 0 Å². The smallest absolute Gasteiger partial charge is 0.208 e. The number of hydrogen-bond donors (Lipinski definition) is 1. The molecule has 102 valence electrons. The second kappa shape index (κ2) is 6.54. The van der Waals surface area contributed by atoms with Gasteiger partial charge in [-0.05, 0) is 35.0 Å². The summed E-state index contributed by atoms with van der Waals surface area (Å²) in [5.74, 6) is 2.34. The molecule has 0 saturated heterocycles. The van der Waals surface area contributed by atoms with E-state index >= 15 is 0 Å². The van der Waals surface area contributed by atoms with Crippen LogP contribution in [0.15, 0.2) is 31.7 Å². The van der Waals surface area contributed by atoms with Crippen molar-refractivity contribution in [3.8, 4) is 5.75 Å². The molecule has 0 aliphatic carbocycles. The minimum absolute atomic E-state index is 0.584. The Kier molecular flexibility index (Phi) is 5.01. The lowest BCUT2D eigenvalue weighted by molar-refractivity contribution is 0.402. The van der Waals surface area contributed by atoms with Gasteiger partial charge in [-0.3, -0.25) is 0 Å². The molecule has 0 amide bonds. The highest BCUT2D eigenvalue weighted by atomic mass is 79.9. The molecule has 0 spiro atoms. The Morgan fingerprint density at radius 3 is 2.74 bits per heavy atom. The number of nitrogens with one attached hydrogen (secondary N) is 1. The largest absolute Gasteiger partial charge is 0.495 e. The summed E-state index contributed by atoms with van der Waals surface area (Å²) < 4.78 is 12.7. The number of halogens is 2. The molecule has 2 rings (SSSR count). The van der Waals surface area contributed by atoms with Crippen LogP contribution in [-0.4, -0.2) is 12.1 Å². The summed E-state index contributed by atoms with van der Waals surface area (Å²) in [5.41, 5.74) is 1.06. The number of ether oxygens (including phenoxy) is 1. The fourth-order valence-electron chi connectivity index (χ4n) is 1.76. The molecule has 0 unspecified atom stereocenters. The molecule has 0 radical (unpaired) electrons. The number of rotatable bonds is 5. The van der Waals surface area contributed by atoms with Crippen molar-refractivity contribution in [3.63, 3.8) is 0 Å². The van der Waals surface area contributed by atoms with Crippen molar-refractivity contribution in [3.05, 3.63) is 44.5 Å². The zero-order valence-corrected chi connectivity index (χ0v) is 13.8. The Labute approximate surface area is 128 Å². The first-order chi connectivity index (χ1) is 9.10. The number of aromatic nitrogens is 1. The van der Waals surface area contributed by atoms with Gasteiger partial charge in [-0.15, -0.1) is 0 Å². The van der Waals surface area contributed by atoms with E-state index in [2.05, 4.69) is 42.2 Å². The van der Waals surface area contributed by atoms with Gasteiger partial charge in [-0.2, -0.15) is 0 Å². The summed E-state index contributed by atoms with van der Waals surface area (Å²) in [6, 6.07) is 3.98. The van der Waals surface area contributed by atoms with Crippen molar-refractivity contribution in [2.45, 2.75) is 20.0 Å². The molecule has 0 bridgehead atoms. The van der Waals surface area contributed by atoms with Gasteiger partial charge in [0.1, 0.15) is 11.5 Å². The highest BCUT2D eigenvalue weighted by Gasteiger charge is 2.09. The van der Waals surface area contributed by atoms with Crippen molar-refractivity contribution in [2.75, 3.05) is 7.11 Å². The van der Waals surface area contributed by atoms with E-state index in [0.29, 0.717) is 19.0 Å². The van der Waals surface area contributed by atoms with Gasteiger partial charge in [0.2, 0.25) is 5.89 Å². The fourth-order valence-corrected chi connectivity index (χ4v) is 3.24. The van der Waals surface area contributed by atoms with E-state index in [1.165, 1.54) is 0 Å². The van der Waals surface area contributed by atoms with Crippen LogP contribution in [0, 0.1) is 6.92 Å². The minimum atomic E-state index is 0.584. The van der Waals surface area contributed by atoms with Crippen molar-refractivity contribution >= 4 is 31.9 Å². The summed E-state index contributed by atoms with van der Waals surface area (Å²) in [4.78, 5) is 4.15. The molecule has 2 aromatic rings. The first-order valence-corrected chi connectivity index (χ1v) is 7.32. The van der Waals surface area contributed by atoms with Crippen LogP contribution in [0.5, 0.6) is 5.75 Å². The van der Waals surface area contributed by atoms with Crippen LogP contribution in [0.1, 0.15) is 17.2 Å². The Morgan fingerprint density at radius 1 is 1.32 bits per heavy atom. The van der Waals surface area contributed by atoms with Crippen LogP contribution in [0.3, 0.4) is 0 Å². The molecule has 0 fully saturated rings. The molecule has 0 atom stereocenters. The fraction of sp³-hybridized carbons (Fsp3) is 0.308. The van der Waals surface area contributed by atoms with Gasteiger partial charge in [-0.25, -0.2) is 4.98 Å². The molecule has 19 heavy (non-hydrogen) atoms. The van der Waals surface area contributed by atoms with Gasteiger partial charge in [0.25, 0.3) is 0 Å². The first-order valence-electron chi connectivity index (χ1n) is 5.74. The van der Waals surface area contributed by atoms with Gasteiger partial charge in [-0.1, -0.05) is 15.9 Å². The molecule has 1 aromatic heterocycles. The molecule has 1 heterocycles. The standard InChI is InChI=1S/C13H14Br2N2O2/c1-8-5-17-12(19-8)7-16-6-9-3-10(14)4-11(15)13(9)18-2/h3-5,16H,6-7H2,1-2H3. The van der Waals surface area contributed by atoms with Crippen LogP contribution in [0.2, 0.25) is 0 Å². The van der Waals surface area contributed by atoms with Crippen molar-refractivity contribution in [1.29, 1.82) is 0 Å². The zero-order chi connectivity index (χ0) is 13.8. The topological polar surface area (TPSA) is 47.3 Å². The van der Waals surface area contributed by atoms with E-state index in [1.807, 2.05) is 19.1 Å². The van der Waals surface area contributed by atoms with Crippen LogP contribution in [-0.2, 0) is 13.1 Å². The summed E-state index contributed by atoms with van der Waals surface area (Å²) >= 11 is 6.96. The SMILES string of the molecule is COc1c(Br)cc(Br)cc1CNCc1ncc(C)o1. The second-order valence-corrected chi connectivity index (χ2v) is 5.82. The molecular formula is C13H14Br2N2O2. The Morgan fingerprint density at radius 2 is 2.11 bits per heavy atom. The van der Waals surface area contributed by atoms with E-state index in [0.717, 1.165) is 26.0 Å². The van der Waals surface area contributed by atoms with E-state index in [9.17, 15) is 0 Å². The van der Waals surface area contributed by atoms with Gasteiger partial charge < -0.3 is 14.5 Å². The monoisotopic (exact) mass is 388 g/mol. The maximum atomic E-state index is 5.40. The molecule has 4 nitrogen and oxygen atoms in total. The Hall–Kier alpha value is -0.850. The summed E-state index contributed by atoms with van der Waals surface area (Å²) in [5, 5.41) is 3.28. The van der Waals surface area contributed by atoms with E-state index in [-0.39, 0.29) is 0 Å². The molecule has 1 N–H and O–H groups in total. The molecular weight excluding hydrogens is 376 g/mol. The lowest BCUT2D eigenvalue weighted by Gasteiger charge is -2.11. The average molecular weight is 390 g/mol. The van der Waals surface area contributed by atoms with E-state index in [1.54, 1.807) is 13.3 Å². The van der Waals surface area contributed by atoms with Crippen LogP contribution in [0.4, 0.5) is 0 Å². The Balaban J connectivity index is 2.02. The van der Waals surface area contributed by atoms with Crippen molar-refractivity contribution in [1.82, 2.24) is 10.3 Å². The van der Waals surface area contributed by atoms with Gasteiger partial charge in [0, 0.05) is 16.6 Å². The van der Waals surface area contributed by atoms with Gasteiger partial charge >= 0.3 is 0 Å². The van der Waals surface area contributed by atoms with Gasteiger partial charge in [0.05, 0.1) is 24.3 Å². The second-order valence-electron chi connectivity index (χ2n) is 4.05. The van der Waals surface area contributed by atoms with E-state index in [4.69, 9.17) is 9.15 Å². The highest BCUT2D eigenvalue weighted by molar-refractivity contribution is 9.11. The maximum Gasteiger partial charge on any atom is 0.208 e. The minimum Gasteiger partial charge on any atom is -0.495 e. The van der Waals surface area contributed by atoms with Gasteiger partial charge in [0.15, 0.2) is 0 Å². The predicted molar refractivity (Wildman–Crippen MR) is 80.2 cm³/mol. The highest BCUT2D eigenvalue weighted by Crippen LogP contribution is 2.32. The maximum absolute atomic E-state index is 5.40. The third-order valence-corrected chi connectivity index (χ3v) is 3.60. The molecule has 0 saturated carbocycles. The quantitative estimate of drug-likeness (QED) is 0.844. The number of hydrogen-bond acceptors (Lipinski definition) is 4. The zero-order valence-electron chi connectivity index (χ0n) is 10.7. The molecule has 0 aliphatic rings. The number of aryl methyl sites for hydroxylation is 1. The summed E-state index contributed by atoms with van der Waals surface area (Å²) in [6.07, 6.45) is 1.72. The van der Waals surface area contributed by atoms with E-state index < -0.39 is 0 Å². The lowest BCUT2D eigenvalue weighted by atomic mass is 10.2.